The molecule has 0 bridgehead atoms. The highest BCUT2D eigenvalue weighted by Crippen LogP contribution is 2.29. The summed E-state index contributed by atoms with van der Waals surface area (Å²) in [5.74, 6) is 5.66. The van der Waals surface area contributed by atoms with Crippen molar-refractivity contribution in [3.05, 3.63) is 29.6 Å². The maximum Gasteiger partial charge on any atom is 0.274 e. The van der Waals surface area contributed by atoms with Crippen molar-refractivity contribution in [1.29, 1.82) is 0 Å². The van der Waals surface area contributed by atoms with Gasteiger partial charge < -0.3 is 10.6 Å². The molecule has 4 nitrogen and oxygen atoms in total. The highest BCUT2D eigenvalue weighted by Gasteiger charge is 2.36. The Kier molecular flexibility index (Phi) is 3.87. The van der Waals surface area contributed by atoms with Crippen LogP contribution in [0.4, 0.5) is 0 Å². The number of hydrogen-bond acceptors (Lipinski definition) is 3. The number of hydrogen-bond donors (Lipinski definition) is 1. The molecule has 1 fully saturated rings. The van der Waals surface area contributed by atoms with E-state index in [4.69, 9.17) is 5.73 Å². The fourth-order valence-electron chi connectivity index (χ4n) is 2.43. The van der Waals surface area contributed by atoms with Crippen LogP contribution in [0.5, 0.6) is 0 Å². The van der Waals surface area contributed by atoms with Gasteiger partial charge in [0.2, 0.25) is 0 Å². The van der Waals surface area contributed by atoms with Gasteiger partial charge in [0.15, 0.2) is 0 Å². The second-order valence-electron chi connectivity index (χ2n) is 5.28. The third-order valence-electron chi connectivity index (χ3n) is 3.48. The molecule has 0 spiro atoms. The van der Waals surface area contributed by atoms with E-state index in [9.17, 15) is 4.79 Å². The van der Waals surface area contributed by atoms with E-state index in [1.165, 1.54) is 0 Å². The Balaban J connectivity index is 2.34. The van der Waals surface area contributed by atoms with Crippen LogP contribution in [-0.2, 0) is 0 Å². The average molecular weight is 257 g/mol. The molecule has 1 aliphatic rings. The Labute approximate surface area is 114 Å². The fraction of sp³-hybridized carbons (Fsp3) is 0.467. The van der Waals surface area contributed by atoms with Crippen LogP contribution in [0.2, 0.25) is 0 Å². The normalized spacial score (nSPS) is 16.9. The molecule has 100 valence electrons. The Bertz CT molecular complexity index is 540. The third kappa shape index (κ3) is 2.77. The number of rotatable bonds is 1. The van der Waals surface area contributed by atoms with E-state index in [1.54, 1.807) is 12.3 Å². The van der Waals surface area contributed by atoms with E-state index in [1.807, 2.05) is 11.0 Å². The fourth-order valence-corrected chi connectivity index (χ4v) is 2.43. The molecule has 19 heavy (non-hydrogen) atoms. The molecule has 0 radical (unpaired) electrons. The molecule has 0 atom stereocenters. The standard InChI is InChI=1S/C15H19N3O/c1-15(2)8-5-11-18(15)14(19)13-12(6-3-9-16)7-4-10-17-13/h4,7,10H,5,8-9,11,16H2,1-2H3. The van der Waals surface area contributed by atoms with Gasteiger partial charge in [-0.3, -0.25) is 4.79 Å². The molecule has 2 heterocycles. The van der Waals surface area contributed by atoms with Crippen LogP contribution in [-0.4, -0.2) is 34.4 Å². The van der Waals surface area contributed by atoms with Gasteiger partial charge >= 0.3 is 0 Å². The average Bonchev–Trinajstić information content (AvgIpc) is 2.75. The smallest absolute Gasteiger partial charge is 0.274 e. The summed E-state index contributed by atoms with van der Waals surface area (Å²) in [5, 5.41) is 0. The van der Waals surface area contributed by atoms with E-state index < -0.39 is 0 Å². The van der Waals surface area contributed by atoms with Crippen LogP contribution >= 0.6 is 0 Å². The molecule has 2 rings (SSSR count). The lowest BCUT2D eigenvalue weighted by Crippen LogP contribution is -2.43. The first-order valence-electron chi connectivity index (χ1n) is 6.52. The van der Waals surface area contributed by atoms with Crippen molar-refractivity contribution in [2.24, 2.45) is 5.73 Å². The van der Waals surface area contributed by atoms with Gasteiger partial charge in [-0.05, 0) is 38.8 Å². The minimum atomic E-state index is -0.104. The van der Waals surface area contributed by atoms with E-state index in [-0.39, 0.29) is 18.0 Å². The summed E-state index contributed by atoms with van der Waals surface area (Å²) in [6.45, 7) is 5.24. The molecule has 0 aromatic carbocycles. The number of amides is 1. The van der Waals surface area contributed by atoms with Gasteiger partial charge in [0, 0.05) is 18.3 Å². The number of nitrogens with two attached hydrogens (primary N) is 1. The van der Waals surface area contributed by atoms with Crippen molar-refractivity contribution in [2.75, 3.05) is 13.1 Å². The maximum atomic E-state index is 12.6. The summed E-state index contributed by atoms with van der Waals surface area (Å²) in [7, 11) is 0. The number of carbonyl (C=O) groups excluding carboxylic acids is 1. The maximum absolute atomic E-state index is 12.6. The number of nitrogens with zero attached hydrogens (tertiary/aromatic N) is 2. The topological polar surface area (TPSA) is 59.2 Å². The predicted octanol–water partition coefficient (Wildman–Crippen LogP) is 1.41. The SMILES string of the molecule is CC1(C)CCCN1C(=O)c1ncccc1C#CCN. The number of likely N-dealkylation sites (tertiary alicyclic amines) is 1. The zero-order chi connectivity index (χ0) is 13.9. The van der Waals surface area contributed by atoms with Crippen molar-refractivity contribution in [3.8, 4) is 11.8 Å². The first-order valence-corrected chi connectivity index (χ1v) is 6.52. The van der Waals surface area contributed by atoms with Crippen LogP contribution < -0.4 is 5.73 Å². The second-order valence-corrected chi connectivity index (χ2v) is 5.28. The van der Waals surface area contributed by atoms with E-state index in [2.05, 4.69) is 30.7 Å². The van der Waals surface area contributed by atoms with Crippen LogP contribution in [0.3, 0.4) is 0 Å². The lowest BCUT2D eigenvalue weighted by Gasteiger charge is -2.31. The van der Waals surface area contributed by atoms with Crippen molar-refractivity contribution in [2.45, 2.75) is 32.2 Å². The van der Waals surface area contributed by atoms with Gasteiger partial charge in [-0.15, -0.1) is 0 Å². The molecule has 1 amide bonds. The Morgan fingerprint density at radius 2 is 2.37 bits per heavy atom. The zero-order valence-electron chi connectivity index (χ0n) is 11.4. The Morgan fingerprint density at radius 1 is 1.58 bits per heavy atom. The Morgan fingerprint density at radius 3 is 3.00 bits per heavy atom. The zero-order valence-corrected chi connectivity index (χ0v) is 11.4. The van der Waals surface area contributed by atoms with E-state index >= 15 is 0 Å². The van der Waals surface area contributed by atoms with Gasteiger partial charge in [-0.2, -0.15) is 0 Å². The molecule has 1 aliphatic heterocycles. The monoisotopic (exact) mass is 257 g/mol. The van der Waals surface area contributed by atoms with Gasteiger partial charge in [0.05, 0.1) is 12.1 Å². The Hall–Kier alpha value is -1.86. The highest BCUT2D eigenvalue weighted by atomic mass is 16.2. The molecule has 2 N–H and O–H groups in total. The molecule has 0 unspecified atom stereocenters. The molecular formula is C15H19N3O. The van der Waals surface area contributed by atoms with Crippen LogP contribution in [0, 0.1) is 11.8 Å². The molecule has 0 aliphatic carbocycles. The minimum Gasteiger partial charge on any atom is -0.332 e. The van der Waals surface area contributed by atoms with Gasteiger partial charge in [-0.25, -0.2) is 4.98 Å². The molecule has 1 aromatic rings. The summed E-state index contributed by atoms with van der Waals surface area (Å²) >= 11 is 0. The highest BCUT2D eigenvalue weighted by molar-refractivity contribution is 5.95. The quantitative estimate of drug-likeness (QED) is 0.774. The second kappa shape index (κ2) is 5.41. The van der Waals surface area contributed by atoms with E-state index in [0.717, 1.165) is 19.4 Å². The summed E-state index contributed by atoms with van der Waals surface area (Å²) in [5.41, 5.74) is 6.36. The molecule has 1 aromatic heterocycles. The van der Waals surface area contributed by atoms with Crippen LogP contribution in [0.25, 0.3) is 0 Å². The summed E-state index contributed by atoms with van der Waals surface area (Å²) in [6, 6.07) is 3.60. The predicted molar refractivity (Wildman–Crippen MR) is 74.5 cm³/mol. The largest absolute Gasteiger partial charge is 0.332 e. The first kappa shape index (κ1) is 13.6. The molecular weight excluding hydrogens is 238 g/mol. The first-order chi connectivity index (χ1) is 9.06. The molecule has 1 saturated heterocycles. The number of aromatic nitrogens is 1. The third-order valence-corrected chi connectivity index (χ3v) is 3.48. The minimum absolute atomic E-state index is 0.0376. The summed E-state index contributed by atoms with van der Waals surface area (Å²) in [4.78, 5) is 18.7. The van der Waals surface area contributed by atoms with Crippen molar-refractivity contribution in [1.82, 2.24) is 9.88 Å². The summed E-state index contributed by atoms with van der Waals surface area (Å²) < 4.78 is 0. The van der Waals surface area contributed by atoms with Crippen molar-refractivity contribution < 1.29 is 4.79 Å². The van der Waals surface area contributed by atoms with Crippen molar-refractivity contribution >= 4 is 5.91 Å². The van der Waals surface area contributed by atoms with Crippen molar-refractivity contribution in [3.63, 3.8) is 0 Å². The lowest BCUT2D eigenvalue weighted by molar-refractivity contribution is 0.0645. The number of carbonyl (C=O) groups is 1. The number of pyridine rings is 1. The molecule has 4 heteroatoms. The van der Waals surface area contributed by atoms with Gasteiger partial charge in [0.1, 0.15) is 5.69 Å². The summed E-state index contributed by atoms with van der Waals surface area (Å²) in [6.07, 6.45) is 3.69. The molecule has 0 saturated carbocycles. The van der Waals surface area contributed by atoms with E-state index in [0.29, 0.717) is 11.3 Å². The van der Waals surface area contributed by atoms with Gasteiger partial charge in [-0.1, -0.05) is 11.8 Å². The lowest BCUT2D eigenvalue weighted by atomic mass is 10.0. The van der Waals surface area contributed by atoms with Crippen LogP contribution in [0.15, 0.2) is 18.3 Å². The van der Waals surface area contributed by atoms with Gasteiger partial charge in [0.25, 0.3) is 5.91 Å². The van der Waals surface area contributed by atoms with Crippen LogP contribution in [0.1, 0.15) is 42.7 Å².